The quantitative estimate of drug-likeness (QED) is 0.388. The topological polar surface area (TPSA) is 31.2 Å². The van der Waals surface area contributed by atoms with Crippen LogP contribution >= 0.6 is 0 Å². The summed E-state index contributed by atoms with van der Waals surface area (Å²) >= 11 is 0. The Balaban J connectivity index is 0. The van der Waals surface area contributed by atoms with E-state index in [1.807, 2.05) is 38.0 Å². The molecule has 0 saturated carbocycles. The molecule has 0 aliphatic carbocycles. The van der Waals surface area contributed by atoms with Crippen molar-refractivity contribution in [2.75, 3.05) is 28.2 Å². The van der Waals surface area contributed by atoms with E-state index >= 15 is 0 Å². The van der Waals surface area contributed by atoms with Gasteiger partial charge in [-0.25, -0.2) is 0 Å². The molecule has 110 valence electrons. The number of rotatable bonds is 0. The van der Waals surface area contributed by atoms with Crippen LogP contribution in [0.1, 0.15) is 41.5 Å². The summed E-state index contributed by atoms with van der Waals surface area (Å²) in [5.74, 6) is 1.84. The fraction of sp³-hybridized carbons (Fsp3) is 0.857. The maximum absolute atomic E-state index is 4.78. The second kappa shape index (κ2) is 7.31. The summed E-state index contributed by atoms with van der Waals surface area (Å²) in [7, 11) is 8.02. The van der Waals surface area contributed by atoms with Gasteiger partial charge in [0.25, 0.3) is 0 Å². The molecule has 0 aromatic rings. The molecule has 0 fully saturated rings. The molecule has 0 saturated heterocycles. The monoisotopic (exact) mass is 328 g/mol. The van der Waals surface area contributed by atoms with Gasteiger partial charge in [0, 0.05) is 45.8 Å². The Morgan fingerprint density at radius 3 is 0.947 bits per heavy atom. The molecule has 4 nitrogen and oxygen atoms in total. The minimum absolute atomic E-state index is 0. The van der Waals surface area contributed by atoms with Gasteiger partial charge in [-0.05, 0) is 41.5 Å². The third-order valence-electron chi connectivity index (χ3n) is 1.93. The van der Waals surface area contributed by atoms with E-state index in [0.29, 0.717) is 0 Å². The van der Waals surface area contributed by atoms with Gasteiger partial charge in [-0.1, -0.05) is 0 Å². The van der Waals surface area contributed by atoms with E-state index in [9.17, 15) is 0 Å². The standard InChI is InChI=1S/C14H30N4.Ge/c1-13(2,3)15-11(17(7)8)12(18(9)10)16-14(4,5)6;/h1-10H3;. The van der Waals surface area contributed by atoms with Crippen LogP contribution in [0.3, 0.4) is 0 Å². The molecule has 19 heavy (non-hydrogen) atoms. The van der Waals surface area contributed by atoms with E-state index in [1.165, 1.54) is 0 Å². The summed E-state index contributed by atoms with van der Waals surface area (Å²) in [6.45, 7) is 12.6. The third-order valence-corrected chi connectivity index (χ3v) is 1.93. The first-order valence-corrected chi connectivity index (χ1v) is 6.38. The molecular weight excluding hydrogens is 297 g/mol. The Bertz CT molecular complexity index is 296. The summed E-state index contributed by atoms with van der Waals surface area (Å²) < 4.78 is 0. The van der Waals surface area contributed by atoms with Gasteiger partial charge in [-0.2, -0.15) is 0 Å². The van der Waals surface area contributed by atoms with Crippen molar-refractivity contribution in [2.24, 2.45) is 9.98 Å². The predicted octanol–water partition coefficient (Wildman–Crippen LogP) is 2.12. The zero-order chi connectivity index (χ0) is 14.7. The van der Waals surface area contributed by atoms with Crippen molar-refractivity contribution in [2.45, 2.75) is 52.6 Å². The van der Waals surface area contributed by atoms with E-state index in [1.54, 1.807) is 0 Å². The van der Waals surface area contributed by atoms with Gasteiger partial charge in [-0.3, -0.25) is 9.98 Å². The van der Waals surface area contributed by atoms with Crippen molar-refractivity contribution in [3.8, 4) is 0 Å². The van der Waals surface area contributed by atoms with Gasteiger partial charge < -0.3 is 9.80 Å². The SMILES string of the molecule is CN(C)C(=NC(C)(C)C)C(=NC(C)(C)C)N(C)C.[Ge]. The first-order chi connectivity index (χ1) is 7.83. The van der Waals surface area contributed by atoms with Gasteiger partial charge in [-0.15, -0.1) is 0 Å². The van der Waals surface area contributed by atoms with Crippen LogP contribution in [0.2, 0.25) is 0 Å². The third kappa shape index (κ3) is 9.08. The van der Waals surface area contributed by atoms with Crippen molar-refractivity contribution in [3.05, 3.63) is 0 Å². The molecule has 0 bridgehead atoms. The summed E-state index contributed by atoms with van der Waals surface area (Å²) in [5.41, 5.74) is -0.234. The number of nitrogens with zero attached hydrogens (tertiary/aromatic N) is 4. The fourth-order valence-electron chi connectivity index (χ4n) is 1.34. The Kier molecular flexibility index (Phi) is 8.00. The van der Waals surface area contributed by atoms with Gasteiger partial charge in [0.1, 0.15) is 0 Å². The second-order valence-corrected chi connectivity index (χ2v) is 7.00. The van der Waals surface area contributed by atoms with Crippen LogP contribution in [-0.4, -0.2) is 78.3 Å². The minimum Gasteiger partial charge on any atom is -0.360 e. The second-order valence-electron chi connectivity index (χ2n) is 7.00. The average Bonchev–Trinajstić information content (AvgIpc) is 2.06. The molecule has 0 aliphatic rings. The van der Waals surface area contributed by atoms with Crippen molar-refractivity contribution in [1.29, 1.82) is 0 Å². The zero-order valence-corrected chi connectivity index (χ0v) is 16.4. The largest absolute Gasteiger partial charge is 0.360 e. The molecule has 4 radical (unpaired) electrons. The Morgan fingerprint density at radius 2 is 0.842 bits per heavy atom. The molecule has 0 spiro atoms. The zero-order valence-electron chi connectivity index (χ0n) is 14.3. The predicted molar refractivity (Wildman–Crippen MR) is 87.5 cm³/mol. The van der Waals surface area contributed by atoms with Gasteiger partial charge in [0.05, 0.1) is 11.1 Å². The van der Waals surface area contributed by atoms with Crippen LogP contribution < -0.4 is 0 Å². The van der Waals surface area contributed by atoms with Crippen molar-refractivity contribution in [3.63, 3.8) is 0 Å². The molecule has 0 unspecified atom stereocenters. The maximum atomic E-state index is 4.78. The van der Waals surface area contributed by atoms with Crippen LogP contribution in [-0.2, 0) is 0 Å². The molecule has 0 heterocycles. The average molecular weight is 327 g/mol. The van der Waals surface area contributed by atoms with Crippen LogP contribution in [0.15, 0.2) is 9.98 Å². The smallest absolute Gasteiger partial charge is 0.166 e. The molecule has 5 heteroatoms. The van der Waals surface area contributed by atoms with Crippen LogP contribution in [0, 0.1) is 0 Å². The maximum Gasteiger partial charge on any atom is 0.166 e. The fourth-order valence-corrected chi connectivity index (χ4v) is 1.34. The van der Waals surface area contributed by atoms with E-state index < -0.39 is 0 Å². The number of aliphatic imine (C=N–C) groups is 2. The number of hydrogen-bond donors (Lipinski definition) is 0. The first kappa shape index (κ1) is 20.8. The normalized spacial score (nSPS) is 14.0. The Hall–Kier alpha value is -0.517. The Morgan fingerprint density at radius 1 is 0.632 bits per heavy atom. The van der Waals surface area contributed by atoms with Crippen LogP contribution in [0.4, 0.5) is 0 Å². The summed E-state index contributed by atoms with van der Waals surface area (Å²) in [5, 5.41) is 0. The minimum atomic E-state index is -0.117. The molecule has 0 N–H and O–H groups in total. The van der Waals surface area contributed by atoms with E-state index in [4.69, 9.17) is 9.98 Å². The summed E-state index contributed by atoms with van der Waals surface area (Å²) in [6.07, 6.45) is 0. The van der Waals surface area contributed by atoms with Gasteiger partial charge >= 0.3 is 0 Å². The molecule has 0 rings (SSSR count). The van der Waals surface area contributed by atoms with E-state index in [-0.39, 0.29) is 28.7 Å². The van der Waals surface area contributed by atoms with E-state index in [2.05, 4.69) is 41.5 Å². The summed E-state index contributed by atoms with van der Waals surface area (Å²) in [4.78, 5) is 13.6. The molecular formula is C14H30GeN4. The molecule has 0 aromatic carbocycles. The van der Waals surface area contributed by atoms with E-state index in [0.717, 1.165) is 11.7 Å². The summed E-state index contributed by atoms with van der Waals surface area (Å²) in [6, 6.07) is 0. The van der Waals surface area contributed by atoms with Crippen LogP contribution in [0.25, 0.3) is 0 Å². The van der Waals surface area contributed by atoms with Gasteiger partial charge in [0.2, 0.25) is 0 Å². The number of hydrogen-bond acceptors (Lipinski definition) is 2. The van der Waals surface area contributed by atoms with Crippen molar-refractivity contribution in [1.82, 2.24) is 9.80 Å². The van der Waals surface area contributed by atoms with Crippen molar-refractivity contribution < 1.29 is 0 Å². The number of likely N-dealkylation sites (N-methyl/N-ethyl adjacent to an activating group) is 2. The van der Waals surface area contributed by atoms with Crippen LogP contribution in [0.5, 0.6) is 0 Å². The molecule has 0 aliphatic heterocycles. The Labute approximate surface area is 130 Å². The molecule has 0 amide bonds. The van der Waals surface area contributed by atoms with Crippen molar-refractivity contribution >= 4 is 29.3 Å². The molecule has 0 atom stereocenters. The number of amidine groups is 2. The van der Waals surface area contributed by atoms with Gasteiger partial charge in [0.15, 0.2) is 11.7 Å². The first-order valence-electron chi connectivity index (χ1n) is 6.38. The molecule has 0 aromatic heterocycles.